The summed E-state index contributed by atoms with van der Waals surface area (Å²) >= 11 is 0. The Morgan fingerprint density at radius 1 is 1.26 bits per heavy atom. The molecule has 0 bridgehead atoms. The molecule has 2 N–H and O–H groups in total. The largest absolute Gasteiger partial charge is 0.483 e. The summed E-state index contributed by atoms with van der Waals surface area (Å²) in [4.78, 5) is 22.6. The van der Waals surface area contributed by atoms with Crippen LogP contribution in [0.3, 0.4) is 0 Å². The maximum atomic E-state index is 11.6. The van der Waals surface area contributed by atoms with Gasteiger partial charge in [-0.1, -0.05) is 26.0 Å². The molecule has 0 saturated heterocycles. The van der Waals surface area contributed by atoms with E-state index in [2.05, 4.69) is 5.32 Å². The number of carbonyl (C=O) groups excluding carboxylic acids is 1. The van der Waals surface area contributed by atoms with Gasteiger partial charge in [0.15, 0.2) is 6.61 Å². The molecule has 0 aliphatic carbocycles. The number of hydrogen-bond acceptors (Lipinski definition) is 3. The average molecular weight is 265 g/mol. The van der Waals surface area contributed by atoms with Crippen molar-refractivity contribution in [3.05, 3.63) is 29.8 Å². The van der Waals surface area contributed by atoms with Gasteiger partial charge in [0.25, 0.3) is 5.91 Å². The Hall–Kier alpha value is -2.04. The lowest BCUT2D eigenvalue weighted by Crippen LogP contribution is -2.37. The third-order valence-electron chi connectivity index (χ3n) is 2.83. The van der Waals surface area contributed by atoms with E-state index >= 15 is 0 Å². The molecule has 1 aromatic rings. The molecule has 0 spiro atoms. The molecule has 5 nitrogen and oxygen atoms in total. The van der Waals surface area contributed by atoms with E-state index in [0.29, 0.717) is 0 Å². The van der Waals surface area contributed by atoms with E-state index in [1.165, 1.54) is 12.1 Å². The van der Waals surface area contributed by atoms with Crippen molar-refractivity contribution in [3.8, 4) is 5.75 Å². The molecule has 0 unspecified atom stereocenters. The van der Waals surface area contributed by atoms with Crippen LogP contribution in [0.15, 0.2) is 24.3 Å². The van der Waals surface area contributed by atoms with Gasteiger partial charge in [0.2, 0.25) is 0 Å². The molecule has 1 amide bonds. The van der Waals surface area contributed by atoms with Crippen molar-refractivity contribution >= 4 is 11.9 Å². The zero-order valence-corrected chi connectivity index (χ0v) is 11.2. The minimum Gasteiger partial charge on any atom is -0.483 e. The number of carbonyl (C=O) groups is 2. The number of amides is 1. The van der Waals surface area contributed by atoms with Gasteiger partial charge in [-0.2, -0.15) is 0 Å². The fourth-order valence-electron chi connectivity index (χ4n) is 1.67. The highest BCUT2D eigenvalue weighted by Crippen LogP contribution is 2.17. The van der Waals surface area contributed by atoms with Gasteiger partial charge in [0, 0.05) is 6.04 Å². The lowest BCUT2D eigenvalue weighted by molar-refractivity contribution is -0.123. The van der Waals surface area contributed by atoms with Crippen LogP contribution in [0.2, 0.25) is 0 Å². The molecule has 104 valence electrons. The third kappa shape index (κ3) is 4.62. The zero-order chi connectivity index (χ0) is 14.3. The first-order chi connectivity index (χ1) is 9.08. The summed E-state index contributed by atoms with van der Waals surface area (Å²) in [5.74, 6) is -1.11. The van der Waals surface area contributed by atoms with Gasteiger partial charge in [-0.3, -0.25) is 4.79 Å². The maximum absolute atomic E-state index is 11.6. The van der Waals surface area contributed by atoms with Crippen LogP contribution in [-0.4, -0.2) is 29.6 Å². The zero-order valence-electron chi connectivity index (χ0n) is 11.2. The summed E-state index contributed by atoms with van der Waals surface area (Å²) in [6.45, 7) is 3.81. The van der Waals surface area contributed by atoms with E-state index in [4.69, 9.17) is 9.84 Å². The second-order valence-corrected chi connectivity index (χ2v) is 4.17. The Morgan fingerprint density at radius 3 is 2.47 bits per heavy atom. The van der Waals surface area contributed by atoms with Gasteiger partial charge in [-0.05, 0) is 25.0 Å². The Bertz CT molecular complexity index is 441. The average Bonchev–Trinajstić information content (AvgIpc) is 2.42. The van der Waals surface area contributed by atoms with Gasteiger partial charge in [-0.15, -0.1) is 0 Å². The van der Waals surface area contributed by atoms with Crippen molar-refractivity contribution in [2.45, 2.75) is 32.7 Å². The summed E-state index contributed by atoms with van der Waals surface area (Å²) < 4.78 is 5.26. The lowest BCUT2D eigenvalue weighted by Gasteiger charge is -2.15. The van der Waals surface area contributed by atoms with E-state index in [1.807, 2.05) is 13.8 Å². The maximum Gasteiger partial charge on any atom is 0.339 e. The Morgan fingerprint density at radius 2 is 1.89 bits per heavy atom. The second-order valence-electron chi connectivity index (χ2n) is 4.17. The molecule has 0 aliphatic rings. The Labute approximate surface area is 112 Å². The first kappa shape index (κ1) is 15.0. The van der Waals surface area contributed by atoms with Crippen LogP contribution in [0, 0.1) is 0 Å². The number of para-hydroxylation sites is 1. The summed E-state index contributed by atoms with van der Waals surface area (Å²) in [5.41, 5.74) is 0.0535. The molecule has 19 heavy (non-hydrogen) atoms. The number of carboxylic acids is 1. The van der Waals surface area contributed by atoms with E-state index in [1.54, 1.807) is 12.1 Å². The number of rotatable bonds is 7. The predicted octanol–water partition coefficient (Wildman–Crippen LogP) is 2.07. The van der Waals surface area contributed by atoms with Crippen molar-refractivity contribution in [1.29, 1.82) is 0 Å². The minimum absolute atomic E-state index is 0.0535. The van der Waals surface area contributed by atoms with Gasteiger partial charge in [0.1, 0.15) is 11.3 Å². The highest BCUT2D eigenvalue weighted by Gasteiger charge is 2.13. The number of aromatic carboxylic acids is 1. The summed E-state index contributed by atoms with van der Waals surface area (Å²) in [5, 5.41) is 11.8. The monoisotopic (exact) mass is 265 g/mol. The topological polar surface area (TPSA) is 75.6 Å². The fourth-order valence-corrected chi connectivity index (χ4v) is 1.67. The van der Waals surface area contributed by atoms with Crippen molar-refractivity contribution in [2.75, 3.05) is 6.61 Å². The smallest absolute Gasteiger partial charge is 0.339 e. The van der Waals surface area contributed by atoms with Gasteiger partial charge >= 0.3 is 5.97 Å². The summed E-state index contributed by atoms with van der Waals surface area (Å²) in [6, 6.07) is 6.39. The molecule has 5 heteroatoms. The Kier molecular flexibility index (Phi) is 5.85. The van der Waals surface area contributed by atoms with Gasteiger partial charge in [0.05, 0.1) is 0 Å². The quantitative estimate of drug-likeness (QED) is 0.791. The van der Waals surface area contributed by atoms with E-state index < -0.39 is 5.97 Å². The highest BCUT2D eigenvalue weighted by molar-refractivity contribution is 5.91. The first-order valence-corrected chi connectivity index (χ1v) is 6.32. The molecule has 0 aliphatic heterocycles. The van der Waals surface area contributed by atoms with Gasteiger partial charge < -0.3 is 15.2 Å². The molecular weight excluding hydrogens is 246 g/mol. The fraction of sp³-hybridized carbons (Fsp3) is 0.429. The van der Waals surface area contributed by atoms with Crippen molar-refractivity contribution in [1.82, 2.24) is 5.32 Å². The number of hydrogen-bond donors (Lipinski definition) is 2. The van der Waals surface area contributed by atoms with E-state index in [-0.39, 0.29) is 29.9 Å². The van der Waals surface area contributed by atoms with Crippen molar-refractivity contribution in [3.63, 3.8) is 0 Å². The predicted molar refractivity (Wildman–Crippen MR) is 71.4 cm³/mol. The van der Waals surface area contributed by atoms with Gasteiger partial charge in [-0.25, -0.2) is 4.79 Å². The Balaban J connectivity index is 2.57. The molecule has 0 fully saturated rings. The highest BCUT2D eigenvalue weighted by atomic mass is 16.5. The second kappa shape index (κ2) is 7.41. The number of nitrogens with one attached hydrogen (secondary N) is 1. The lowest BCUT2D eigenvalue weighted by atomic mass is 10.2. The van der Waals surface area contributed by atoms with Crippen LogP contribution in [0.1, 0.15) is 37.0 Å². The molecule has 1 rings (SSSR count). The summed E-state index contributed by atoms with van der Waals surface area (Å²) in [7, 11) is 0. The normalized spacial score (nSPS) is 10.3. The van der Waals surface area contributed by atoms with Crippen molar-refractivity contribution < 1.29 is 19.4 Å². The standard InChI is InChI=1S/C14H19NO4/c1-3-10(4-2)15-13(16)9-19-12-8-6-5-7-11(12)14(17)18/h5-8,10H,3-4,9H2,1-2H3,(H,15,16)(H,17,18). The van der Waals surface area contributed by atoms with Crippen LogP contribution in [0.5, 0.6) is 5.75 Å². The molecule has 0 heterocycles. The minimum atomic E-state index is -1.07. The third-order valence-corrected chi connectivity index (χ3v) is 2.83. The molecule has 0 saturated carbocycles. The van der Waals surface area contributed by atoms with Crippen LogP contribution in [0.25, 0.3) is 0 Å². The number of ether oxygens (including phenoxy) is 1. The van der Waals surface area contributed by atoms with Crippen LogP contribution in [0.4, 0.5) is 0 Å². The molecule has 1 aromatic carbocycles. The molecule has 0 aromatic heterocycles. The summed E-state index contributed by atoms with van der Waals surface area (Å²) in [6.07, 6.45) is 1.71. The van der Waals surface area contributed by atoms with Crippen molar-refractivity contribution in [2.24, 2.45) is 0 Å². The van der Waals surface area contributed by atoms with E-state index in [0.717, 1.165) is 12.8 Å². The van der Waals surface area contributed by atoms with Crippen LogP contribution >= 0.6 is 0 Å². The van der Waals surface area contributed by atoms with Crippen LogP contribution < -0.4 is 10.1 Å². The molecule has 0 radical (unpaired) electrons. The SMILES string of the molecule is CCC(CC)NC(=O)COc1ccccc1C(=O)O. The first-order valence-electron chi connectivity index (χ1n) is 6.32. The molecular formula is C14H19NO4. The van der Waals surface area contributed by atoms with Crippen LogP contribution in [-0.2, 0) is 4.79 Å². The molecule has 0 atom stereocenters. The van der Waals surface area contributed by atoms with E-state index in [9.17, 15) is 9.59 Å². The number of benzene rings is 1. The number of carboxylic acid groups (broad SMARTS) is 1.